The second-order valence-electron chi connectivity index (χ2n) is 7.09. The molecule has 0 fully saturated rings. The Morgan fingerprint density at radius 3 is 2.62 bits per heavy atom. The smallest absolute Gasteiger partial charge is 0.217 e. The van der Waals surface area contributed by atoms with E-state index in [4.69, 9.17) is 14.6 Å². The molecular weight excluding hydrogens is 432 g/mol. The molecule has 1 N–H and O–H groups in total. The first kappa shape index (κ1) is 18.1. The first-order valence-electron chi connectivity index (χ1n) is 9.38. The minimum absolute atomic E-state index is 0.0259. The zero-order chi connectivity index (χ0) is 20.0. The van der Waals surface area contributed by atoms with Crippen LogP contribution in [0.5, 0.6) is 17.2 Å². The molecule has 3 aromatic rings. The number of hydrazone groups is 1. The van der Waals surface area contributed by atoms with Crippen LogP contribution in [-0.4, -0.2) is 22.9 Å². The highest BCUT2D eigenvalue weighted by Crippen LogP contribution is 2.49. The normalized spacial score (nSPS) is 19.8. The SMILES string of the molecule is COc1ccc(C2=NN3C(C2)c2cc(Br)ccc2OC3c2ccccc2O)cc1. The molecule has 146 valence electrons. The summed E-state index contributed by atoms with van der Waals surface area (Å²) in [5.74, 6) is 1.83. The molecule has 0 aromatic heterocycles. The van der Waals surface area contributed by atoms with E-state index in [-0.39, 0.29) is 11.8 Å². The van der Waals surface area contributed by atoms with Crippen molar-refractivity contribution in [2.24, 2.45) is 5.10 Å². The fourth-order valence-electron chi connectivity index (χ4n) is 3.92. The van der Waals surface area contributed by atoms with Crippen LogP contribution in [0.4, 0.5) is 0 Å². The van der Waals surface area contributed by atoms with E-state index in [9.17, 15) is 5.11 Å². The molecule has 6 heteroatoms. The average Bonchev–Trinajstić information content (AvgIpc) is 3.20. The van der Waals surface area contributed by atoms with E-state index in [0.717, 1.165) is 39.2 Å². The van der Waals surface area contributed by atoms with Crippen LogP contribution in [0.1, 0.15) is 35.4 Å². The summed E-state index contributed by atoms with van der Waals surface area (Å²) in [5.41, 5.74) is 3.81. The molecule has 0 saturated carbocycles. The summed E-state index contributed by atoms with van der Waals surface area (Å²) in [6.45, 7) is 0. The molecule has 0 saturated heterocycles. The average molecular weight is 451 g/mol. The molecule has 2 aliphatic rings. The van der Waals surface area contributed by atoms with Crippen molar-refractivity contribution in [2.75, 3.05) is 7.11 Å². The highest BCUT2D eigenvalue weighted by atomic mass is 79.9. The van der Waals surface area contributed by atoms with Gasteiger partial charge in [-0.15, -0.1) is 0 Å². The van der Waals surface area contributed by atoms with Gasteiger partial charge in [0.1, 0.15) is 17.2 Å². The first-order valence-corrected chi connectivity index (χ1v) is 10.2. The van der Waals surface area contributed by atoms with Crippen molar-refractivity contribution in [1.29, 1.82) is 0 Å². The van der Waals surface area contributed by atoms with Gasteiger partial charge in [0, 0.05) is 16.5 Å². The monoisotopic (exact) mass is 450 g/mol. The number of aromatic hydroxyl groups is 1. The van der Waals surface area contributed by atoms with Crippen LogP contribution in [0.3, 0.4) is 0 Å². The lowest BCUT2D eigenvalue weighted by Gasteiger charge is -2.38. The molecule has 2 aliphatic heterocycles. The number of nitrogens with zero attached hydrogens (tertiary/aromatic N) is 2. The second kappa shape index (κ2) is 7.12. The molecule has 3 aromatic carbocycles. The van der Waals surface area contributed by atoms with E-state index in [2.05, 4.69) is 22.0 Å². The molecular formula is C23H19BrN2O3. The van der Waals surface area contributed by atoms with Gasteiger partial charge in [-0.2, -0.15) is 5.10 Å². The summed E-state index contributed by atoms with van der Waals surface area (Å²) in [6.07, 6.45) is 0.258. The van der Waals surface area contributed by atoms with Crippen LogP contribution in [-0.2, 0) is 0 Å². The van der Waals surface area contributed by atoms with Gasteiger partial charge in [0.2, 0.25) is 6.23 Å². The Bertz CT molecular complexity index is 1100. The number of ether oxygens (including phenoxy) is 2. The van der Waals surface area contributed by atoms with Crippen molar-refractivity contribution >= 4 is 21.6 Å². The molecule has 0 aliphatic carbocycles. The number of phenols is 1. The minimum Gasteiger partial charge on any atom is -0.507 e. The molecule has 0 bridgehead atoms. The molecule has 5 nitrogen and oxygen atoms in total. The molecule has 0 spiro atoms. The van der Waals surface area contributed by atoms with E-state index in [1.54, 1.807) is 19.2 Å². The van der Waals surface area contributed by atoms with Crippen LogP contribution in [0.25, 0.3) is 0 Å². The van der Waals surface area contributed by atoms with Gasteiger partial charge in [-0.3, -0.25) is 0 Å². The highest BCUT2D eigenvalue weighted by Gasteiger charge is 2.41. The van der Waals surface area contributed by atoms with Gasteiger partial charge >= 0.3 is 0 Å². The Balaban J connectivity index is 1.59. The number of methoxy groups -OCH3 is 1. The van der Waals surface area contributed by atoms with E-state index in [1.165, 1.54) is 0 Å². The number of fused-ring (bicyclic) bond motifs is 3. The number of para-hydroxylation sites is 1. The van der Waals surface area contributed by atoms with Gasteiger partial charge in [0.05, 0.1) is 24.4 Å². The zero-order valence-electron chi connectivity index (χ0n) is 15.7. The Labute approximate surface area is 177 Å². The number of rotatable bonds is 3. The van der Waals surface area contributed by atoms with Crippen LogP contribution in [0.2, 0.25) is 0 Å². The molecule has 2 unspecified atom stereocenters. The number of phenolic OH excluding ortho intramolecular Hbond substituents is 1. The van der Waals surface area contributed by atoms with E-state index >= 15 is 0 Å². The lowest BCUT2D eigenvalue weighted by atomic mass is 9.96. The van der Waals surface area contributed by atoms with Crippen LogP contribution < -0.4 is 9.47 Å². The fourth-order valence-corrected chi connectivity index (χ4v) is 4.30. The third-order valence-electron chi connectivity index (χ3n) is 5.38. The molecule has 5 rings (SSSR count). The van der Waals surface area contributed by atoms with Crippen molar-refractivity contribution in [3.8, 4) is 17.2 Å². The quantitative estimate of drug-likeness (QED) is 0.579. The maximum Gasteiger partial charge on any atom is 0.217 e. The maximum atomic E-state index is 10.4. The Morgan fingerprint density at radius 2 is 1.86 bits per heavy atom. The lowest BCUT2D eigenvalue weighted by Crippen LogP contribution is -2.33. The summed E-state index contributed by atoms with van der Waals surface area (Å²) in [7, 11) is 1.66. The third kappa shape index (κ3) is 3.13. The van der Waals surface area contributed by atoms with Crippen molar-refractivity contribution in [3.05, 3.63) is 87.9 Å². The second-order valence-corrected chi connectivity index (χ2v) is 8.00. The number of hydrogen-bond acceptors (Lipinski definition) is 5. The minimum atomic E-state index is -0.495. The standard InChI is InChI=1S/C23H19BrN2O3/c1-28-16-9-6-14(7-10-16)19-13-20-18-12-15(24)8-11-22(18)29-23(26(20)25-19)17-4-2-3-5-21(17)27/h2-12,20,23,27H,13H2,1H3. The zero-order valence-corrected chi connectivity index (χ0v) is 17.3. The number of benzene rings is 3. The highest BCUT2D eigenvalue weighted by molar-refractivity contribution is 9.10. The summed E-state index contributed by atoms with van der Waals surface area (Å²) in [6, 6.07) is 21.2. The van der Waals surface area contributed by atoms with E-state index in [1.807, 2.05) is 53.5 Å². The van der Waals surface area contributed by atoms with Crippen molar-refractivity contribution in [2.45, 2.75) is 18.7 Å². The third-order valence-corrected chi connectivity index (χ3v) is 5.87. The fraction of sp³-hybridized carbons (Fsp3) is 0.174. The lowest BCUT2D eigenvalue weighted by molar-refractivity contribution is -0.0203. The Morgan fingerprint density at radius 1 is 1.07 bits per heavy atom. The summed E-state index contributed by atoms with van der Waals surface area (Å²) >= 11 is 3.57. The van der Waals surface area contributed by atoms with Crippen molar-refractivity contribution in [3.63, 3.8) is 0 Å². The molecule has 0 radical (unpaired) electrons. The van der Waals surface area contributed by atoms with Crippen molar-refractivity contribution < 1.29 is 14.6 Å². The molecule has 29 heavy (non-hydrogen) atoms. The summed E-state index contributed by atoms with van der Waals surface area (Å²) in [4.78, 5) is 0. The van der Waals surface area contributed by atoms with Gasteiger partial charge in [0.15, 0.2) is 0 Å². The molecule has 0 amide bonds. The van der Waals surface area contributed by atoms with Crippen LogP contribution in [0, 0.1) is 0 Å². The topological polar surface area (TPSA) is 54.3 Å². The Hall–Kier alpha value is -2.99. The van der Waals surface area contributed by atoms with E-state index < -0.39 is 6.23 Å². The molecule has 2 heterocycles. The van der Waals surface area contributed by atoms with Crippen LogP contribution >= 0.6 is 15.9 Å². The summed E-state index contributed by atoms with van der Waals surface area (Å²) in [5, 5.41) is 17.3. The van der Waals surface area contributed by atoms with Gasteiger partial charge in [-0.1, -0.05) is 28.1 Å². The predicted octanol–water partition coefficient (Wildman–Crippen LogP) is 5.41. The van der Waals surface area contributed by atoms with Gasteiger partial charge in [-0.05, 0) is 60.2 Å². The number of halogens is 1. The largest absolute Gasteiger partial charge is 0.507 e. The van der Waals surface area contributed by atoms with Gasteiger partial charge in [0.25, 0.3) is 0 Å². The van der Waals surface area contributed by atoms with Gasteiger partial charge < -0.3 is 14.6 Å². The van der Waals surface area contributed by atoms with Gasteiger partial charge in [-0.25, -0.2) is 5.01 Å². The molecule has 2 atom stereocenters. The van der Waals surface area contributed by atoms with Crippen molar-refractivity contribution in [1.82, 2.24) is 5.01 Å². The number of hydrogen-bond donors (Lipinski definition) is 1. The Kier molecular flexibility index (Phi) is 4.43. The van der Waals surface area contributed by atoms with Crippen LogP contribution in [0.15, 0.2) is 76.3 Å². The van der Waals surface area contributed by atoms with E-state index in [0.29, 0.717) is 5.56 Å². The summed E-state index contributed by atoms with van der Waals surface area (Å²) < 4.78 is 12.6. The predicted molar refractivity (Wildman–Crippen MR) is 114 cm³/mol. The first-order chi connectivity index (χ1) is 14.1. The maximum absolute atomic E-state index is 10.4.